The molecule has 0 radical (unpaired) electrons. The summed E-state index contributed by atoms with van der Waals surface area (Å²) in [6, 6.07) is 11.9. The van der Waals surface area contributed by atoms with Crippen LogP contribution in [0.25, 0.3) is 0 Å². The van der Waals surface area contributed by atoms with Crippen molar-refractivity contribution >= 4 is 37.8 Å². The zero-order chi connectivity index (χ0) is 25.9. The Morgan fingerprint density at radius 2 is 1.81 bits per heavy atom. The number of hydrogen-bond acceptors (Lipinski definition) is 4. The molecule has 0 bridgehead atoms. The van der Waals surface area contributed by atoms with Crippen LogP contribution >= 0.6 is 11.6 Å². The SMILES string of the molecule is O=C(CNC(=O)c1cccc(C(F)(F)F)c1)[AsH]C1CCN(C2CCC(O)(c3ccc(Cl)cc3)CC2)C1. The molecule has 0 spiro atoms. The second-order valence-corrected chi connectivity index (χ2v) is 13.5. The summed E-state index contributed by atoms with van der Waals surface area (Å²) in [7, 11) is 0. The van der Waals surface area contributed by atoms with Gasteiger partial charge in [0.25, 0.3) is 0 Å². The third-order valence-corrected chi connectivity index (χ3v) is 10.3. The third-order valence-electron chi connectivity index (χ3n) is 7.13. The van der Waals surface area contributed by atoms with Gasteiger partial charge in [-0.2, -0.15) is 0 Å². The zero-order valence-electron chi connectivity index (χ0n) is 19.7. The van der Waals surface area contributed by atoms with Crippen molar-refractivity contribution in [2.45, 2.75) is 54.6 Å². The Hall–Kier alpha value is -1.86. The van der Waals surface area contributed by atoms with Gasteiger partial charge in [0.15, 0.2) is 0 Å². The molecule has 1 heterocycles. The van der Waals surface area contributed by atoms with Crippen LogP contribution in [0.3, 0.4) is 0 Å². The standard InChI is InChI=1S/C26H29AsClF3N2O3/c28-21-6-4-18(5-7-21)25(36)11-8-22(9-12-25)33-13-10-20(16-33)27-23(34)15-32-24(35)17-2-1-3-19(14-17)26(29,30)31/h1-7,14,20,22,27,36H,8-13,15-16H2,(H,32,35). The third kappa shape index (κ3) is 6.71. The van der Waals surface area contributed by atoms with E-state index in [1.165, 1.54) is 12.1 Å². The summed E-state index contributed by atoms with van der Waals surface area (Å²) < 4.78 is 38.9. The molecule has 1 aliphatic carbocycles. The van der Waals surface area contributed by atoms with Gasteiger partial charge in [-0.1, -0.05) is 0 Å². The van der Waals surface area contributed by atoms with Gasteiger partial charge < -0.3 is 0 Å². The Kier molecular flexibility index (Phi) is 8.50. The summed E-state index contributed by atoms with van der Waals surface area (Å²) in [5.41, 5.74) is -0.938. The fraction of sp³-hybridized carbons (Fsp3) is 0.462. The summed E-state index contributed by atoms with van der Waals surface area (Å²) in [5.74, 6) is -0.676. The Balaban J connectivity index is 1.21. The van der Waals surface area contributed by atoms with Crippen molar-refractivity contribution in [1.29, 1.82) is 0 Å². The van der Waals surface area contributed by atoms with Gasteiger partial charge in [0.05, 0.1) is 0 Å². The number of aliphatic hydroxyl groups is 1. The zero-order valence-corrected chi connectivity index (χ0v) is 22.5. The van der Waals surface area contributed by atoms with Gasteiger partial charge in [0.2, 0.25) is 0 Å². The molecule has 2 aliphatic rings. The predicted molar refractivity (Wildman–Crippen MR) is 133 cm³/mol. The Labute approximate surface area is 220 Å². The predicted octanol–water partition coefficient (Wildman–Crippen LogP) is 4.38. The molecule has 10 heteroatoms. The van der Waals surface area contributed by atoms with Crippen LogP contribution in [0.4, 0.5) is 13.2 Å². The number of carbonyl (C=O) groups is 2. The van der Waals surface area contributed by atoms with Gasteiger partial charge in [-0.3, -0.25) is 0 Å². The number of hydrogen-bond donors (Lipinski definition) is 2. The molecule has 1 aliphatic heterocycles. The molecule has 2 aromatic carbocycles. The van der Waals surface area contributed by atoms with Crippen molar-refractivity contribution in [3.05, 3.63) is 70.2 Å². The fourth-order valence-electron chi connectivity index (χ4n) is 5.11. The number of likely N-dealkylation sites (tertiary alicyclic amines) is 1. The van der Waals surface area contributed by atoms with Crippen LogP contribution in [0.2, 0.25) is 9.73 Å². The van der Waals surface area contributed by atoms with E-state index < -0.39 is 39.0 Å². The topological polar surface area (TPSA) is 69.6 Å². The van der Waals surface area contributed by atoms with Crippen molar-refractivity contribution in [2.75, 3.05) is 19.6 Å². The van der Waals surface area contributed by atoms with Crippen LogP contribution < -0.4 is 5.32 Å². The minimum atomic E-state index is -4.53. The molecule has 5 nitrogen and oxygen atoms in total. The molecule has 194 valence electrons. The monoisotopic (exact) mass is 584 g/mol. The molecular weight excluding hydrogens is 556 g/mol. The van der Waals surface area contributed by atoms with Gasteiger partial charge in [0.1, 0.15) is 0 Å². The number of rotatable bonds is 7. The molecule has 1 saturated carbocycles. The molecule has 2 N–H and O–H groups in total. The number of nitrogens with zero attached hydrogens (tertiary/aromatic N) is 1. The molecule has 36 heavy (non-hydrogen) atoms. The molecule has 0 aromatic heterocycles. The van der Waals surface area contributed by atoms with Crippen molar-refractivity contribution < 1.29 is 27.9 Å². The average Bonchev–Trinajstić information content (AvgIpc) is 3.31. The van der Waals surface area contributed by atoms with Crippen molar-refractivity contribution in [2.24, 2.45) is 0 Å². The Morgan fingerprint density at radius 3 is 2.47 bits per heavy atom. The number of carbonyl (C=O) groups excluding carboxylic acids is 2. The van der Waals surface area contributed by atoms with E-state index in [4.69, 9.17) is 11.6 Å². The van der Waals surface area contributed by atoms with Crippen LogP contribution in [-0.2, 0) is 16.6 Å². The van der Waals surface area contributed by atoms with Crippen molar-refractivity contribution in [1.82, 2.24) is 10.2 Å². The first kappa shape index (κ1) is 27.2. The summed E-state index contributed by atoms with van der Waals surface area (Å²) >= 11 is 5.00. The van der Waals surface area contributed by atoms with Gasteiger partial charge >= 0.3 is 220 Å². The van der Waals surface area contributed by atoms with E-state index in [-0.39, 0.29) is 16.7 Å². The quantitative estimate of drug-likeness (QED) is 0.474. The minimum absolute atomic E-state index is 0.0112. The second-order valence-electron chi connectivity index (χ2n) is 9.58. The van der Waals surface area contributed by atoms with Gasteiger partial charge in [0, 0.05) is 0 Å². The Morgan fingerprint density at radius 1 is 1.11 bits per heavy atom. The normalized spacial score (nSPS) is 25.4. The van der Waals surface area contributed by atoms with Crippen LogP contribution in [0, 0.1) is 0 Å². The van der Waals surface area contributed by atoms with Crippen LogP contribution in [0.1, 0.15) is 53.6 Å². The van der Waals surface area contributed by atoms with Gasteiger partial charge in [-0.25, -0.2) is 0 Å². The average molecular weight is 585 g/mol. The summed E-state index contributed by atoms with van der Waals surface area (Å²) in [6.45, 7) is 1.61. The number of benzene rings is 2. The summed E-state index contributed by atoms with van der Waals surface area (Å²) in [6.07, 6.45) is -0.473. The molecule has 1 amide bonds. The van der Waals surface area contributed by atoms with Crippen LogP contribution in [0.15, 0.2) is 48.5 Å². The number of nitrogens with one attached hydrogen (secondary N) is 1. The first-order valence-corrected chi connectivity index (χ1v) is 14.6. The van der Waals surface area contributed by atoms with E-state index in [9.17, 15) is 27.9 Å². The van der Waals surface area contributed by atoms with Crippen LogP contribution in [0.5, 0.6) is 0 Å². The van der Waals surface area contributed by atoms with E-state index >= 15 is 0 Å². The van der Waals surface area contributed by atoms with Crippen LogP contribution in [-0.4, -0.2) is 61.9 Å². The molecule has 2 aromatic rings. The van der Waals surface area contributed by atoms with Gasteiger partial charge in [-0.05, 0) is 0 Å². The molecule has 4 rings (SSSR count). The maximum atomic E-state index is 12.9. The first-order valence-electron chi connectivity index (χ1n) is 12.0. The van der Waals surface area contributed by atoms with E-state index in [0.29, 0.717) is 28.6 Å². The molecule has 2 unspecified atom stereocenters. The van der Waals surface area contributed by atoms with E-state index in [1.807, 2.05) is 12.1 Å². The molecule has 1 saturated heterocycles. The van der Waals surface area contributed by atoms with Crippen molar-refractivity contribution in [3.8, 4) is 0 Å². The molecule has 2 fully saturated rings. The number of amides is 1. The number of halogens is 4. The fourth-order valence-corrected chi connectivity index (χ4v) is 7.85. The molecule has 2 atom stereocenters. The van der Waals surface area contributed by atoms with E-state index in [2.05, 4.69) is 10.2 Å². The number of alkyl halides is 3. The van der Waals surface area contributed by atoms with E-state index in [0.717, 1.165) is 50.0 Å². The van der Waals surface area contributed by atoms with Crippen molar-refractivity contribution in [3.63, 3.8) is 0 Å². The summed E-state index contributed by atoms with van der Waals surface area (Å²) in [5, 5.41) is 14.2. The maximum absolute atomic E-state index is 12.9. The second kappa shape index (κ2) is 11.3. The summed E-state index contributed by atoms with van der Waals surface area (Å²) in [4.78, 5) is 27.2. The van der Waals surface area contributed by atoms with E-state index in [1.54, 1.807) is 12.1 Å². The Bertz CT molecular complexity index is 1090. The van der Waals surface area contributed by atoms with Gasteiger partial charge in [-0.15, -0.1) is 0 Å². The molecular formula is C26H29AsClF3N2O3. The first-order chi connectivity index (χ1) is 17.0.